The van der Waals surface area contributed by atoms with Crippen molar-refractivity contribution in [2.45, 2.75) is 12.5 Å². The summed E-state index contributed by atoms with van der Waals surface area (Å²) in [5.41, 5.74) is 0.857. The molecule has 0 unspecified atom stereocenters. The van der Waals surface area contributed by atoms with E-state index in [1.165, 1.54) is 0 Å². The smallest absolute Gasteiger partial charge is 0.203 e. The van der Waals surface area contributed by atoms with Gasteiger partial charge in [0.05, 0.1) is 0 Å². The van der Waals surface area contributed by atoms with Crippen LogP contribution >= 0.6 is 31.9 Å². The Hall–Kier alpha value is -1.75. The van der Waals surface area contributed by atoms with Gasteiger partial charge in [-0.2, -0.15) is 0 Å². The normalized spacial score (nSPS) is 13.3. The molecule has 0 aliphatic carbocycles. The highest BCUT2D eigenvalue weighted by atomic mass is 79.9. The van der Waals surface area contributed by atoms with Crippen molar-refractivity contribution in [3.63, 3.8) is 0 Å². The third-order valence-corrected chi connectivity index (χ3v) is 5.22. The number of Topliss-reactive ketones (excluding diaryl/α,β-unsaturated/α-hetero) is 1. The van der Waals surface area contributed by atoms with Crippen molar-refractivity contribution >= 4 is 37.6 Å². The summed E-state index contributed by atoms with van der Waals surface area (Å²) in [4.78, 5) is 13.3. The Morgan fingerprint density at radius 2 is 1.16 bits per heavy atom. The van der Waals surface area contributed by atoms with E-state index >= 15 is 0 Å². The van der Waals surface area contributed by atoms with Crippen molar-refractivity contribution < 1.29 is 9.90 Å². The first kappa shape index (κ1) is 18.1. The molecule has 0 radical (unpaired) electrons. The summed E-state index contributed by atoms with van der Waals surface area (Å²) in [6.45, 7) is 1.97. The molecular formula is C21H16Br2O2. The molecule has 2 nitrogen and oxygen atoms in total. The van der Waals surface area contributed by atoms with Gasteiger partial charge in [0.15, 0.2) is 5.60 Å². The second-order valence-electron chi connectivity index (χ2n) is 5.92. The number of aliphatic hydroxyl groups is 1. The van der Waals surface area contributed by atoms with Crippen LogP contribution in [0.3, 0.4) is 0 Å². The van der Waals surface area contributed by atoms with E-state index in [2.05, 4.69) is 31.9 Å². The van der Waals surface area contributed by atoms with Gasteiger partial charge in [-0.05, 0) is 42.3 Å². The lowest BCUT2D eigenvalue weighted by atomic mass is 9.80. The van der Waals surface area contributed by atoms with E-state index in [1.807, 2.05) is 31.2 Å². The van der Waals surface area contributed by atoms with Crippen LogP contribution in [-0.2, 0) is 5.60 Å². The average Bonchev–Trinajstić information content (AvgIpc) is 2.62. The van der Waals surface area contributed by atoms with Gasteiger partial charge in [0.25, 0.3) is 0 Å². The van der Waals surface area contributed by atoms with Gasteiger partial charge in [-0.15, -0.1) is 0 Å². The third kappa shape index (κ3) is 3.61. The van der Waals surface area contributed by atoms with Crippen molar-refractivity contribution in [1.82, 2.24) is 0 Å². The van der Waals surface area contributed by atoms with Crippen LogP contribution in [0.5, 0.6) is 0 Å². The fourth-order valence-corrected chi connectivity index (χ4v) is 3.25. The van der Waals surface area contributed by atoms with Gasteiger partial charge in [-0.25, -0.2) is 0 Å². The number of aryl methyl sites for hydroxylation is 1. The molecule has 0 amide bonds. The number of halogens is 2. The maximum absolute atomic E-state index is 13.3. The Labute approximate surface area is 163 Å². The van der Waals surface area contributed by atoms with Crippen LogP contribution in [0.25, 0.3) is 0 Å². The molecule has 0 aliphatic heterocycles. The van der Waals surface area contributed by atoms with Crippen molar-refractivity contribution in [1.29, 1.82) is 0 Å². The molecule has 0 spiro atoms. The zero-order valence-corrected chi connectivity index (χ0v) is 16.7. The van der Waals surface area contributed by atoms with Crippen LogP contribution in [0, 0.1) is 6.92 Å². The fourth-order valence-electron chi connectivity index (χ4n) is 2.72. The minimum Gasteiger partial charge on any atom is -0.373 e. The summed E-state index contributed by atoms with van der Waals surface area (Å²) in [7, 11) is 0. The van der Waals surface area contributed by atoms with Crippen LogP contribution in [0.1, 0.15) is 27.0 Å². The number of carbonyl (C=O) groups is 1. The number of hydrogen-bond acceptors (Lipinski definition) is 2. The van der Waals surface area contributed by atoms with Crippen molar-refractivity contribution in [2.24, 2.45) is 0 Å². The molecule has 126 valence electrons. The quantitative estimate of drug-likeness (QED) is 0.512. The van der Waals surface area contributed by atoms with Crippen LogP contribution in [0.4, 0.5) is 0 Å². The summed E-state index contributed by atoms with van der Waals surface area (Å²) in [6, 6.07) is 21.6. The number of rotatable bonds is 4. The monoisotopic (exact) mass is 458 g/mol. The second-order valence-corrected chi connectivity index (χ2v) is 7.75. The predicted molar refractivity (Wildman–Crippen MR) is 107 cm³/mol. The molecule has 0 saturated carbocycles. The number of benzene rings is 3. The van der Waals surface area contributed by atoms with Crippen molar-refractivity contribution in [3.05, 3.63) is 104 Å². The lowest BCUT2D eigenvalue weighted by molar-refractivity contribution is 0.0487. The molecule has 0 bridgehead atoms. The lowest BCUT2D eigenvalue weighted by Crippen LogP contribution is -2.37. The molecule has 3 rings (SSSR count). The summed E-state index contributed by atoms with van der Waals surface area (Å²) in [5, 5.41) is 11.6. The first-order valence-corrected chi connectivity index (χ1v) is 9.36. The third-order valence-electron chi connectivity index (χ3n) is 4.17. The molecule has 0 fully saturated rings. The molecule has 3 aromatic rings. The largest absolute Gasteiger partial charge is 0.373 e. The number of hydrogen-bond donors (Lipinski definition) is 1. The minimum absolute atomic E-state index is 0.355. The van der Waals surface area contributed by atoms with Crippen LogP contribution in [0.15, 0.2) is 81.7 Å². The molecule has 25 heavy (non-hydrogen) atoms. The van der Waals surface area contributed by atoms with E-state index in [4.69, 9.17) is 0 Å². The topological polar surface area (TPSA) is 37.3 Å². The lowest BCUT2D eigenvalue weighted by Gasteiger charge is -2.28. The fraction of sp³-hybridized carbons (Fsp3) is 0.0952. The van der Waals surface area contributed by atoms with Gasteiger partial charge < -0.3 is 5.11 Å². The molecule has 0 saturated heterocycles. The molecule has 0 aromatic heterocycles. The summed E-state index contributed by atoms with van der Waals surface area (Å²) in [5.74, 6) is -0.355. The maximum Gasteiger partial charge on any atom is 0.203 e. The SMILES string of the molecule is Cc1ccc([C@](O)(C(=O)c2ccc(Br)cc2)c2ccc(Br)cc2)cc1. The van der Waals surface area contributed by atoms with Gasteiger partial charge in [0.2, 0.25) is 5.78 Å². The van der Waals surface area contributed by atoms with E-state index in [9.17, 15) is 9.90 Å². The van der Waals surface area contributed by atoms with Crippen LogP contribution in [-0.4, -0.2) is 10.9 Å². The van der Waals surface area contributed by atoms with Gasteiger partial charge in [-0.1, -0.05) is 86.0 Å². The minimum atomic E-state index is -1.75. The van der Waals surface area contributed by atoms with E-state index in [1.54, 1.807) is 48.5 Å². The Morgan fingerprint density at radius 1 is 0.760 bits per heavy atom. The first-order chi connectivity index (χ1) is 11.9. The Kier molecular flexibility index (Phi) is 5.23. The first-order valence-electron chi connectivity index (χ1n) is 7.77. The molecule has 4 heteroatoms. The number of ketones is 1. The predicted octanol–water partition coefficient (Wildman–Crippen LogP) is 5.64. The van der Waals surface area contributed by atoms with Gasteiger partial charge in [0.1, 0.15) is 0 Å². The zero-order chi connectivity index (χ0) is 18.0. The van der Waals surface area contributed by atoms with E-state index < -0.39 is 5.60 Å². The molecular weight excluding hydrogens is 444 g/mol. The van der Waals surface area contributed by atoms with Crippen LogP contribution < -0.4 is 0 Å². The second kappa shape index (κ2) is 7.24. The highest BCUT2D eigenvalue weighted by Gasteiger charge is 2.40. The van der Waals surface area contributed by atoms with Gasteiger partial charge in [0, 0.05) is 14.5 Å². The molecule has 3 aromatic carbocycles. The standard InChI is InChI=1S/C21H16Br2O2/c1-14-2-6-16(7-3-14)21(25,17-8-12-19(23)13-9-17)20(24)15-4-10-18(22)11-5-15/h2-13,25H,1H3/t21-/m1/s1. The molecule has 0 heterocycles. The van der Waals surface area contributed by atoms with E-state index in [0.717, 1.165) is 14.5 Å². The highest BCUT2D eigenvalue weighted by Crippen LogP contribution is 2.34. The molecule has 1 atom stereocenters. The van der Waals surface area contributed by atoms with Crippen molar-refractivity contribution in [2.75, 3.05) is 0 Å². The van der Waals surface area contributed by atoms with Gasteiger partial charge in [-0.3, -0.25) is 4.79 Å². The Balaban J connectivity index is 2.17. The molecule has 1 N–H and O–H groups in total. The zero-order valence-electron chi connectivity index (χ0n) is 13.5. The number of carbonyl (C=O) groups excluding carboxylic acids is 1. The Bertz CT molecular complexity index is 837. The van der Waals surface area contributed by atoms with Gasteiger partial charge >= 0.3 is 0 Å². The summed E-state index contributed by atoms with van der Waals surface area (Å²) in [6.07, 6.45) is 0. The maximum atomic E-state index is 13.3. The summed E-state index contributed by atoms with van der Waals surface area (Å²) >= 11 is 6.77. The van der Waals surface area contributed by atoms with E-state index in [-0.39, 0.29) is 5.78 Å². The van der Waals surface area contributed by atoms with Crippen LogP contribution in [0.2, 0.25) is 0 Å². The summed E-state index contributed by atoms with van der Waals surface area (Å²) < 4.78 is 1.77. The molecule has 0 aliphatic rings. The van der Waals surface area contributed by atoms with E-state index in [0.29, 0.717) is 16.7 Å². The average molecular weight is 460 g/mol. The highest BCUT2D eigenvalue weighted by molar-refractivity contribution is 9.10. The van der Waals surface area contributed by atoms with Crippen molar-refractivity contribution in [3.8, 4) is 0 Å². The Morgan fingerprint density at radius 3 is 1.64 bits per heavy atom.